The molecule has 1 aromatic heterocycles. The highest BCUT2D eigenvalue weighted by Gasteiger charge is 2.51. The summed E-state index contributed by atoms with van der Waals surface area (Å²) in [6.07, 6.45) is -3.11. The van der Waals surface area contributed by atoms with Gasteiger partial charge in [-0.25, -0.2) is 4.39 Å². The number of nitrogens with zero attached hydrogens (tertiary/aromatic N) is 1. The molecule has 2 heterocycles. The Bertz CT molecular complexity index is 803. The standard InChI is InChI=1S/C18H18BF4NO2/c1-16(2)17(3,4)26-19(25-16)12-6-8-15(24-10-12)13-7-5-11(9-14(13)20)18(21,22)23/h5-10H,1-4H3. The first-order valence-electron chi connectivity index (χ1n) is 8.09. The molecule has 1 aliphatic heterocycles. The largest absolute Gasteiger partial charge is 0.496 e. The molecular weight excluding hydrogens is 349 g/mol. The lowest BCUT2D eigenvalue weighted by molar-refractivity contribution is -0.137. The topological polar surface area (TPSA) is 31.4 Å². The molecule has 2 aromatic rings. The summed E-state index contributed by atoms with van der Waals surface area (Å²) in [5, 5.41) is 0. The van der Waals surface area contributed by atoms with Gasteiger partial charge in [0.15, 0.2) is 0 Å². The van der Waals surface area contributed by atoms with Crippen LogP contribution in [0, 0.1) is 5.82 Å². The van der Waals surface area contributed by atoms with E-state index in [0.29, 0.717) is 11.5 Å². The third-order valence-electron chi connectivity index (χ3n) is 4.88. The summed E-state index contributed by atoms with van der Waals surface area (Å²) in [5.41, 5.74) is -1.16. The maximum atomic E-state index is 14.1. The number of aromatic nitrogens is 1. The van der Waals surface area contributed by atoms with Crippen LogP contribution >= 0.6 is 0 Å². The van der Waals surface area contributed by atoms with E-state index in [9.17, 15) is 17.6 Å². The van der Waals surface area contributed by atoms with Gasteiger partial charge in [-0.15, -0.1) is 0 Å². The summed E-state index contributed by atoms with van der Waals surface area (Å²) in [5.74, 6) is -0.976. The zero-order valence-electron chi connectivity index (χ0n) is 14.8. The second kappa shape index (κ2) is 6.06. The van der Waals surface area contributed by atoms with Crippen LogP contribution in [-0.4, -0.2) is 23.3 Å². The molecule has 0 saturated carbocycles. The van der Waals surface area contributed by atoms with E-state index in [1.165, 1.54) is 12.3 Å². The van der Waals surface area contributed by atoms with Gasteiger partial charge >= 0.3 is 13.3 Å². The second-order valence-electron chi connectivity index (χ2n) is 7.26. The van der Waals surface area contributed by atoms with E-state index in [-0.39, 0.29) is 11.3 Å². The highest BCUT2D eigenvalue weighted by atomic mass is 19.4. The first-order chi connectivity index (χ1) is 11.9. The first-order valence-corrected chi connectivity index (χ1v) is 8.09. The molecule has 0 unspecified atom stereocenters. The Hall–Kier alpha value is -1.93. The molecule has 8 heteroatoms. The number of halogens is 4. The molecule has 3 rings (SSSR count). The van der Waals surface area contributed by atoms with Gasteiger partial charge in [0.1, 0.15) is 5.82 Å². The van der Waals surface area contributed by atoms with E-state index in [1.807, 2.05) is 27.7 Å². The highest BCUT2D eigenvalue weighted by Crippen LogP contribution is 2.36. The van der Waals surface area contributed by atoms with Crippen molar-refractivity contribution in [3.8, 4) is 11.3 Å². The van der Waals surface area contributed by atoms with Crippen molar-refractivity contribution >= 4 is 12.6 Å². The number of pyridine rings is 1. The van der Waals surface area contributed by atoms with E-state index in [1.54, 1.807) is 6.07 Å². The maximum Gasteiger partial charge on any atom is 0.496 e. The van der Waals surface area contributed by atoms with Gasteiger partial charge in [0, 0.05) is 17.2 Å². The fraction of sp³-hybridized carbons (Fsp3) is 0.389. The molecule has 0 aliphatic carbocycles. The third kappa shape index (κ3) is 3.35. The van der Waals surface area contributed by atoms with Gasteiger partial charge in [-0.2, -0.15) is 13.2 Å². The molecule has 1 aliphatic rings. The third-order valence-corrected chi connectivity index (χ3v) is 4.88. The molecule has 0 N–H and O–H groups in total. The molecule has 1 aromatic carbocycles. The molecule has 3 nitrogen and oxygen atoms in total. The lowest BCUT2D eigenvalue weighted by Gasteiger charge is -2.32. The minimum absolute atomic E-state index is 0.00142. The second-order valence-corrected chi connectivity index (χ2v) is 7.26. The molecule has 1 fully saturated rings. The minimum atomic E-state index is -4.59. The lowest BCUT2D eigenvalue weighted by Crippen LogP contribution is -2.41. The minimum Gasteiger partial charge on any atom is -0.399 e. The zero-order valence-corrected chi connectivity index (χ0v) is 14.8. The molecule has 138 valence electrons. The molecule has 0 atom stereocenters. The Morgan fingerprint density at radius 1 is 0.962 bits per heavy atom. The van der Waals surface area contributed by atoms with Gasteiger partial charge in [-0.3, -0.25) is 4.98 Å². The quantitative estimate of drug-likeness (QED) is 0.589. The maximum absolute atomic E-state index is 14.1. The van der Waals surface area contributed by atoms with Crippen molar-refractivity contribution in [2.45, 2.75) is 45.1 Å². The van der Waals surface area contributed by atoms with Crippen LogP contribution in [-0.2, 0) is 15.5 Å². The average Bonchev–Trinajstić information content (AvgIpc) is 2.75. The Morgan fingerprint density at radius 2 is 1.58 bits per heavy atom. The van der Waals surface area contributed by atoms with E-state index < -0.39 is 35.9 Å². The van der Waals surface area contributed by atoms with Gasteiger partial charge in [0.05, 0.1) is 22.5 Å². The summed E-state index contributed by atoms with van der Waals surface area (Å²) in [6, 6.07) is 5.59. The molecule has 0 spiro atoms. The number of rotatable bonds is 2. The van der Waals surface area contributed by atoms with Crippen molar-refractivity contribution in [3.05, 3.63) is 47.9 Å². The number of alkyl halides is 3. The number of benzene rings is 1. The van der Waals surface area contributed by atoms with Gasteiger partial charge in [0.25, 0.3) is 0 Å². The van der Waals surface area contributed by atoms with Crippen molar-refractivity contribution in [2.75, 3.05) is 0 Å². The summed E-state index contributed by atoms with van der Waals surface area (Å²) in [4.78, 5) is 4.16. The zero-order chi connectivity index (χ0) is 19.3. The predicted octanol–water partition coefficient (Wildman–Crippen LogP) is 4.21. The Balaban J connectivity index is 1.85. The molecule has 26 heavy (non-hydrogen) atoms. The molecule has 0 bridgehead atoms. The Labute approximate surface area is 149 Å². The summed E-state index contributed by atoms with van der Waals surface area (Å²) < 4.78 is 63.8. The van der Waals surface area contributed by atoms with E-state index >= 15 is 0 Å². The van der Waals surface area contributed by atoms with E-state index in [2.05, 4.69) is 4.98 Å². The predicted molar refractivity (Wildman–Crippen MR) is 90.3 cm³/mol. The van der Waals surface area contributed by atoms with Crippen molar-refractivity contribution in [1.29, 1.82) is 0 Å². The van der Waals surface area contributed by atoms with Gasteiger partial charge in [-0.1, -0.05) is 6.07 Å². The van der Waals surface area contributed by atoms with Crippen LogP contribution in [0.2, 0.25) is 0 Å². The fourth-order valence-electron chi connectivity index (χ4n) is 2.58. The van der Waals surface area contributed by atoms with Gasteiger partial charge in [0.2, 0.25) is 0 Å². The average molecular weight is 367 g/mol. The van der Waals surface area contributed by atoms with Crippen LogP contribution in [0.25, 0.3) is 11.3 Å². The highest BCUT2D eigenvalue weighted by molar-refractivity contribution is 6.62. The summed E-state index contributed by atoms with van der Waals surface area (Å²) >= 11 is 0. The molecule has 0 radical (unpaired) electrons. The normalized spacial score (nSPS) is 19.0. The summed E-state index contributed by atoms with van der Waals surface area (Å²) in [6.45, 7) is 7.69. The Morgan fingerprint density at radius 3 is 2.04 bits per heavy atom. The van der Waals surface area contributed by atoms with Gasteiger partial charge in [-0.05, 0) is 52.0 Å². The fourth-order valence-corrected chi connectivity index (χ4v) is 2.58. The summed E-state index contributed by atoms with van der Waals surface area (Å²) in [7, 11) is -0.612. The van der Waals surface area contributed by atoms with Crippen molar-refractivity contribution in [1.82, 2.24) is 4.98 Å². The van der Waals surface area contributed by atoms with Crippen LogP contribution in [0.1, 0.15) is 33.3 Å². The van der Waals surface area contributed by atoms with Crippen molar-refractivity contribution < 1.29 is 26.9 Å². The van der Waals surface area contributed by atoms with Crippen molar-refractivity contribution in [3.63, 3.8) is 0 Å². The molecular formula is C18H18BF4NO2. The van der Waals surface area contributed by atoms with Crippen LogP contribution in [0.5, 0.6) is 0 Å². The van der Waals surface area contributed by atoms with E-state index in [0.717, 1.165) is 12.1 Å². The van der Waals surface area contributed by atoms with Crippen LogP contribution < -0.4 is 5.46 Å². The van der Waals surface area contributed by atoms with Crippen LogP contribution in [0.4, 0.5) is 17.6 Å². The SMILES string of the molecule is CC1(C)OB(c2ccc(-c3ccc(C(F)(F)F)cc3F)nc2)OC1(C)C. The van der Waals surface area contributed by atoms with Crippen LogP contribution in [0.3, 0.4) is 0 Å². The number of hydrogen-bond donors (Lipinski definition) is 0. The van der Waals surface area contributed by atoms with Crippen LogP contribution in [0.15, 0.2) is 36.5 Å². The Kier molecular flexibility index (Phi) is 4.39. The first kappa shape index (κ1) is 18.9. The molecule has 1 saturated heterocycles. The van der Waals surface area contributed by atoms with E-state index in [4.69, 9.17) is 9.31 Å². The van der Waals surface area contributed by atoms with Crippen molar-refractivity contribution in [2.24, 2.45) is 0 Å². The number of hydrogen-bond acceptors (Lipinski definition) is 3. The van der Waals surface area contributed by atoms with Gasteiger partial charge < -0.3 is 9.31 Å². The monoisotopic (exact) mass is 367 g/mol. The molecule has 0 amide bonds. The smallest absolute Gasteiger partial charge is 0.399 e. The lowest BCUT2D eigenvalue weighted by atomic mass is 9.80.